The first-order valence-corrected chi connectivity index (χ1v) is 12.3. The SMILES string of the molecule is Cc1ccc([N+](=O)[O-])cc1Cc1ccc(-c2nc3c(C(=O)Nc4ccccc4)c(C(C)(C)C)[nH]n3n2)cc1. The minimum absolute atomic E-state index is 0.0845. The molecule has 192 valence electrons. The molecule has 0 spiro atoms. The summed E-state index contributed by atoms with van der Waals surface area (Å²) < 4.78 is 1.55. The Morgan fingerprint density at radius 2 is 1.76 bits per heavy atom. The third-order valence-electron chi connectivity index (χ3n) is 6.46. The Labute approximate surface area is 219 Å². The van der Waals surface area contributed by atoms with Gasteiger partial charge in [0.15, 0.2) is 11.5 Å². The zero-order valence-corrected chi connectivity index (χ0v) is 21.6. The van der Waals surface area contributed by atoms with Crippen LogP contribution in [-0.4, -0.2) is 30.6 Å². The van der Waals surface area contributed by atoms with Gasteiger partial charge in [0.1, 0.15) is 5.56 Å². The van der Waals surface area contributed by atoms with Crippen molar-refractivity contribution in [3.05, 3.63) is 111 Å². The molecule has 0 aliphatic carbocycles. The predicted molar refractivity (Wildman–Crippen MR) is 147 cm³/mol. The minimum atomic E-state index is -0.377. The summed E-state index contributed by atoms with van der Waals surface area (Å²) >= 11 is 0. The Morgan fingerprint density at radius 3 is 2.42 bits per heavy atom. The molecular formula is C29H28N6O3. The first-order chi connectivity index (χ1) is 18.1. The highest BCUT2D eigenvalue weighted by Gasteiger charge is 2.29. The van der Waals surface area contributed by atoms with Gasteiger partial charge in [-0.2, -0.15) is 4.63 Å². The van der Waals surface area contributed by atoms with E-state index < -0.39 is 0 Å². The van der Waals surface area contributed by atoms with E-state index in [1.807, 2.05) is 82.3 Å². The average molecular weight is 509 g/mol. The van der Waals surface area contributed by atoms with Gasteiger partial charge in [0, 0.05) is 28.8 Å². The molecule has 1 amide bonds. The quantitative estimate of drug-likeness (QED) is 0.213. The molecule has 5 rings (SSSR count). The van der Waals surface area contributed by atoms with Gasteiger partial charge in [-0.15, -0.1) is 5.10 Å². The fraction of sp³-hybridized carbons (Fsp3) is 0.207. The number of para-hydroxylation sites is 1. The summed E-state index contributed by atoms with van der Waals surface area (Å²) in [5.41, 5.74) is 5.83. The van der Waals surface area contributed by atoms with E-state index in [4.69, 9.17) is 4.98 Å². The molecule has 38 heavy (non-hydrogen) atoms. The number of aryl methyl sites for hydroxylation is 1. The Bertz CT molecular complexity index is 1640. The van der Waals surface area contributed by atoms with E-state index in [-0.39, 0.29) is 21.9 Å². The number of rotatable bonds is 6. The highest BCUT2D eigenvalue weighted by Crippen LogP contribution is 2.29. The predicted octanol–water partition coefficient (Wildman–Crippen LogP) is 6.08. The van der Waals surface area contributed by atoms with Crippen molar-refractivity contribution in [3.63, 3.8) is 0 Å². The van der Waals surface area contributed by atoms with Crippen LogP contribution in [0.15, 0.2) is 72.8 Å². The van der Waals surface area contributed by atoms with E-state index in [2.05, 4.69) is 15.5 Å². The molecular weight excluding hydrogens is 480 g/mol. The number of hydrogen-bond acceptors (Lipinski definition) is 5. The zero-order valence-electron chi connectivity index (χ0n) is 21.6. The van der Waals surface area contributed by atoms with Gasteiger partial charge in [-0.25, -0.2) is 4.98 Å². The lowest BCUT2D eigenvalue weighted by Crippen LogP contribution is -2.20. The van der Waals surface area contributed by atoms with Gasteiger partial charge >= 0.3 is 0 Å². The van der Waals surface area contributed by atoms with Crippen LogP contribution in [0.4, 0.5) is 11.4 Å². The summed E-state index contributed by atoms with van der Waals surface area (Å²) in [4.78, 5) is 28.9. The number of fused-ring (bicyclic) bond motifs is 1. The molecule has 0 atom stereocenters. The summed E-state index contributed by atoms with van der Waals surface area (Å²) in [5, 5.41) is 22.0. The fourth-order valence-corrected chi connectivity index (χ4v) is 4.37. The average Bonchev–Trinajstić information content (AvgIpc) is 3.45. The molecule has 0 bridgehead atoms. The lowest BCUT2D eigenvalue weighted by atomic mass is 9.89. The second-order valence-electron chi connectivity index (χ2n) is 10.3. The van der Waals surface area contributed by atoms with E-state index in [0.29, 0.717) is 29.1 Å². The molecule has 3 aromatic carbocycles. The standard InChI is InChI=1S/C29H28N6O3/c1-18-10-15-23(35(37)38)17-21(18)16-19-11-13-20(14-12-19)26-31-27-24(25(29(2,3)4)32-34(27)33-26)28(36)30-22-8-6-5-7-9-22/h5-15,17,32H,16H2,1-4H3,(H,30,36). The summed E-state index contributed by atoms with van der Waals surface area (Å²) in [7, 11) is 0. The van der Waals surface area contributed by atoms with Gasteiger partial charge in [0.05, 0.1) is 10.6 Å². The summed E-state index contributed by atoms with van der Waals surface area (Å²) in [6.45, 7) is 8.03. The number of carbonyl (C=O) groups excluding carboxylic acids is 1. The van der Waals surface area contributed by atoms with Crippen molar-refractivity contribution in [2.45, 2.75) is 39.5 Å². The van der Waals surface area contributed by atoms with Gasteiger partial charge in [-0.1, -0.05) is 69.3 Å². The molecule has 2 heterocycles. The third kappa shape index (κ3) is 4.90. The number of aromatic amines is 1. The molecule has 0 aliphatic rings. The molecule has 9 nitrogen and oxygen atoms in total. The summed E-state index contributed by atoms with van der Waals surface area (Å²) in [6.07, 6.45) is 0.573. The van der Waals surface area contributed by atoms with Crippen LogP contribution >= 0.6 is 0 Å². The Balaban J connectivity index is 1.45. The molecule has 0 fully saturated rings. The van der Waals surface area contributed by atoms with Crippen molar-refractivity contribution in [1.82, 2.24) is 19.8 Å². The molecule has 2 N–H and O–H groups in total. The third-order valence-corrected chi connectivity index (χ3v) is 6.46. The van der Waals surface area contributed by atoms with Gasteiger partial charge in [-0.05, 0) is 42.2 Å². The van der Waals surface area contributed by atoms with Crippen LogP contribution in [0.3, 0.4) is 0 Å². The van der Waals surface area contributed by atoms with Crippen LogP contribution in [0.1, 0.15) is 53.5 Å². The number of nitro groups is 1. The molecule has 5 aromatic rings. The molecule has 9 heteroatoms. The normalized spacial score (nSPS) is 11.6. The number of anilines is 1. The van der Waals surface area contributed by atoms with Gasteiger partial charge in [-0.3, -0.25) is 20.0 Å². The van der Waals surface area contributed by atoms with Crippen molar-refractivity contribution >= 4 is 22.9 Å². The van der Waals surface area contributed by atoms with Crippen molar-refractivity contribution in [1.29, 1.82) is 0 Å². The second kappa shape index (κ2) is 9.59. The Morgan fingerprint density at radius 1 is 1.05 bits per heavy atom. The van der Waals surface area contributed by atoms with Crippen LogP contribution in [0, 0.1) is 17.0 Å². The fourth-order valence-electron chi connectivity index (χ4n) is 4.37. The second-order valence-corrected chi connectivity index (χ2v) is 10.3. The molecule has 2 aromatic heterocycles. The summed E-state index contributed by atoms with van der Waals surface area (Å²) in [6, 6.07) is 22.0. The van der Waals surface area contributed by atoms with Gasteiger partial charge in [0.25, 0.3) is 11.6 Å². The number of hydrogen-bond donors (Lipinski definition) is 2. The van der Waals surface area contributed by atoms with Crippen molar-refractivity contribution in [3.8, 4) is 11.4 Å². The summed E-state index contributed by atoms with van der Waals surface area (Å²) in [5.74, 6) is 0.234. The van der Waals surface area contributed by atoms with E-state index in [1.54, 1.807) is 16.8 Å². The van der Waals surface area contributed by atoms with Gasteiger partial charge in [0.2, 0.25) is 0 Å². The van der Waals surface area contributed by atoms with E-state index >= 15 is 0 Å². The maximum atomic E-state index is 13.4. The Kier molecular flexibility index (Phi) is 6.28. The lowest BCUT2D eigenvalue weighted by molar-refractivity contribution is -0.384. The smallest absolute Gasteiger partial charge is 0.269 e. The number of nitro benzene ring substituents is 1. The number of nitrogens with zero attached hydrogens (tertiary/aromatic N) is 4. The Hall–Kier alpha value is -4.79. The first-order valence-electron chi connectivity index (χ1n) is 12.3. The highest BCUT2D eigenvalue weighted by atomic mass is 16.6. The molecule has 0 saturated carbocycles. The van der Waals surface area contributed by atoms with Crippen molar-refractivity contribution < 1.29 is 9.72 Å². The zero-order chi connectivity index (χ0) is 27.0. The molecule has 0 unspecified atom stereocenters. The number of nitrogens with one attached hydrogen (secondary N) is 2. The number of benzene rings is 3. The molecule has 0 radical (unpaired) electrons. The van der Waals surface area contributed by atoms with Gasteiger partial charge < -0.3 is 5.32 Å². The maximum Gasteiger partial charge on any atom is 0.269 e. The van der Waals surface area contributed by atoms with Crippen molar-refractivity contribution in [2.24, 2.45) is 0 Å². The lowest BCUT2D eigenvalue weighted by Gasteiger charge is -2.18. The number of aromatic nitrogens is 4. The topological polar surface area (TPSA) is 118 Å². The molecule has 0 aliphatic heterocycles. The largest absolute Gasteiger partial charge is 0.322 e. The number of non-ortho nitro benzene ring substituents is 1. The monoisotopic (exact) mass is 508 g/mol. The molecule has 0 saturated heterocycles. The maximum absolute atomic E-state index is 13.4. The number of H-pyrrole nitrogens is 1. The van der Waals surface area contributed by atoms with Crippen LogP contribution in [-0.2, 0) is 11.8 Å². The van der Waals surface area contributed by atoms with Crippen LogP contribution in [0.2, 0.25) is 0 Å². The first kappa shape index (κ1) is 24.9. The van der Waals surface area contributed by atoms with E-state index in [9.17, 15) is 14.9 Å². The van der Waals surface area contributed by atoms with E-state index in [0.717, 1.165) is 27.9 Å². The number of amides is 1. The minimum Gasteiger partial charge on any atom is -0.322 e. The van der Waals surface area contributed by atoms with Crippen LogP contribution < -0.4 is 5.32 Å². The van der Waals surface area contributed by atoms with Crippen molar-refractivity contribution in [2.75, 3.05) is 5.32 Å². The highest BCUT2D eigenvalue weighted by molar-refractivity contribution is 6.09. The van der Waals surface area contributed by atoms with E-state index in [1.165, 1.54) is 6.07 Å². The van der Waals surface area contributed by atoms with Crippen LogP contribution in [0.25, 0.3) is 17.0 Å². The number of carbonyl (C=O) groups is 1. The van der Waals surface area contributed by atoms with Crippen LogP contribution in [0.5, 0.6) is 0 Å².